The van der Waals surface area contributed by atoms with Crippen molar-refractivity contribution in [2.24, 2.45) is 5.92 Å². The number of aromatic amines is 1. The lowest BCUT2D eigenvalue weighted by Crippen LogP contribution is -2.45. The molecule has 2 aliphatic rings. The molecule has 0 radical (unpaired) electrons. The van der Waals surface area contributed by atoms with Crippen LogP contribution in [0.5, 0.6) is 0 Å². The third kappa shape index (κ3) is 5.64. The Kier molecular flexibility index (Phi) is 8.01. The molecular weight excluding hydrogens is 472 g/mol. The molecule has 0 unspecified atom stereocenters. The Labute approximate surface area is 216 Å². The number of thioether (sulfide) groups is 1. The fourth-order valence-electron chi connectivity index (χ4n) is 5.33. The van der Waals surface area contributed by atoms with Gasteiger partial charge in [0.25, 0.3) is 0 Å². The third-order valence-corrected chi connectivity index (χ3v) is 8.44. The van der Waals surface area contributed by atoms with E-state index >= 15 is 0 Å². The Morgan fingerprint density at radius 2 is 1.97 bits per heavy atom. The molecule has 5 rings (SSSR count). The van der Waals surface area contributed by atoms with Crippen molar-refractivity contribution in [2.75, 3.05) is 37.7 Å². The smallest absolute Gasteiger partial charge is 0.342 e. The van der Waals surface area contributed by atoms with Crippen molar-refractivity contribution >= 4 is 34.8 Å². The molecule has 5 heterocycles. The zero-order valence-corrected chi connectivity index (χ0v) is 21.9. The average molecular weight is 510 g/mol. The molecule has 9 nitrogen and oxygen atoms in total. The molecule has 3 aromatic rings. The first-order valence-corrected chi connectivity index (χ1v) is 14.2. The Morgan fingerprint density at radius 1 is 1.17 bits per heavy atom. The number of pyridine rings is 1. The van der Waals surface area contributed by atoms with Crippen molar-refractivity contribution in [3.63, 3.8) is 0 Å². The number of hydrogen-bond acceptors (Lipinski definition) is 7. The lowest BCUT2D eigenvalue weighted by Gasteiger charge is -2.37. The Balaban J connectivity index is 1.16. The first-order chi connectivity index (χ1) is 17.6. The van der Waals surface area contributed by atoms with E-state index in [1.165, 1.54) is 12.8 Å². The molecule has 36 heavy (non-hydrogen) atoms. The fourth-order valence-corrected chi connectivity index (χ4v) is 6.48. The number of unbranched alkanes of at least 4 members (excludes halogenated alkanes) is 1. The molecule has 0 saturated carbocycles. The summed E-state index contributed by atoms with van der Waals surface area (Å²) in [4.78, 5) is 34.5. The number of hydrogen-bond donors (Lipinski definition) is 1. The fraction of sp³-hybridized carbons (Fsp3) is 0.577. The van der Waals surface area contributed by atoms with Crippen molar-refractivity contribution in [1.82, 2.24) is 29.3 Å². The average Bonchev–Trinajstić information content (AvgIpc) is 3.28. The van der Waals surface area contributed by atoms with Crippen molar-refractivity contribution < 1.29 is 9.78 Å². The molecule has 0 spiro atoms. The molecule has 10 heteroatoms. The Bertz CT molecular complexity index is 1150. The van der Waals surface area contributed by atoms with Gasteiger partial charge in [-0.15, -0.1) is 0 Å². The summed E-state index contributed by atoms with van der Waals surface area (Å²) in [5, 5.41) is 1.07. The standard InChI is InChI=1S/C26H36N8OS/c1-2-3-15-36-26-31-22-5-4-10-28-23(22)34(26)21-8-13-33(14-9-21)24(35)20-6-11-32(12-7-20)18-19-16-29-25(27)30-17-19/h4-5,10,16-17,20-21H,2-3,6-9,11-15,18H2,1H3,(H2,27,29,30)/p+1. The molecule has 0 aliphatic carbocycles. The number of piperidine rings is 2. The van der Waals surface area contributed by atoms with E-state index < -0.39 is 0 Å². The number of amides is 1. The summed E-state index contributed by atoms with van der Waals surface area (Å²) >= 11 is 1.84. The van der Waals surface area contributed by atoms with Gasteiger partial charge in [-0.05, 0) is 57.3 Å². The number of nitrogens with zero attached hydrogens (tertiary/aromatic N) is 6. The minimum atomic E-state index is 0.129. The normalized spacial score (nSPS) is 18.2. The van der Waals surface area contributed by atoms with E-state index in [1.54, 1.807) is 0 Å². The topological polar surface area (TPSA) is 107 Å². The van der Waals surface area contributed by atoms with Crippen LogP contribution in [0.1, 0.15) is 57.1 Å². The maximum atomic E-state index is 13.3. The van der Waals surface area contributed by atoms with Gasteiger partial charge in [0.05, 0.1) is 6.20 Å². The second-order valence-corrected chi connectivity index (χ2v) is 11.0. The summed E-state index contributed by atoms with van der Waals surface area (Å²) in [6.45, 7) is 6.54. The van der Waals surface area contributed by atoms with Gasteiger partial charge < -0.3 is 9.47 Å². The second kappa shape index (κ2) is 11.6. The number of fused-ring (bicyclic) bond motifs is 1. The van der Waals surface area contributed by atoms with E-state index in [4.69, 9.17) is 10.7 Å². The number of rotatable bonds is 8. The third-order valence-electron chi connectivity index (χ3n) is 7.40. The monoisotopic (exact) mass is 509 g/mol. The predicted molar refractivity (Wildman–Crippen MR) is 141 cm³/mol. The van der Waals surface area contributed by atoms with Crippen molar-refractivity contribution in [2.45, 2.75) is 63.2 Å². The first kappa shape index (κ1) is 25.0. The van der Waals surface area contributed by atoms with Gasteiger partial charge in [-0.3, -0.25) is 15.4 Å². The highest BCUT2D eigenvalue weighted by Crippen LogP contribution is 2.33. The summed E-state index contributed by atoms with van der Waals surface area (Å²) in [7, 11) is 0. The Morgan fingerprint density at radius 3 is 2.69 bits per heavy atom. The van der Waals surface area contributed by atoms with Gasteiger partial charge in [-0.2, -0.15) is 0 Å². The number of H-pyrrole nitrogens is 1. The second-order valence-electron chi connectivity index (χ2n) is 9.93. The molecule has 3 aromatic heterocycles. The van der Waals surface area contributed by atoms with Crippen LogP contribution in [0.15, 0.2) is 35.9 Å². The molecule has 1 amide bonds. The van der Waals surface area contributed by atoms with Crippen LogP contribution in [0, 0.1) is 5.92 Å². The quantitative estimate of drug-likeness (QED) is 0.367. The highest BCUT2D eigenvalue weighted by Gasteiger charge is 2.32. The summed E-state index contributed by atoms with van der Waals surface area (Å²) < 4.78 is 2.35. The van der Waals surface area contributed by atoms with Crippen LogP contribution in [0.4, 0.5) is 5.95 Å². The number of carbonyl (C=O) groups is 1. The lowest BCUT2D eigenvalue weighted by atomic mass is 9.93. The van der Waals surface area contributed by atoms with E-state index in [-0.39, 0.29) is 5.92 Å². The first-order valence-electron chi connectivity index (χ1n) is 13.2. The number of nitrogens with two attached hydrogens (primary N) is 1. The summed E-state index contributed by atoms with van der Waals surface area (Å²) in [6, 6.07) is 4.35. The van der Waals surface area contributed by atoms with E-state index in [0.29, 0.717) is 17.9 Å². The molecule has 0 bridgehead atoms. The largest absolute Gasteiger partial charge is 0.386 e. The van der Waals surface area contributed by atoms with E-state index in [1.807, 2.05) is 36.4 Å². The highest BCUT2D eigenvalue weighted by molar-refractivity contribution is 7.99. The van der Waals surface area contributed by atoms with Gasteiger partial charge in [0.2, 0.25) is 5.91 Å². The van der Waals surface area contributed by atoms with Gasteiger partial charge in [0, 0.05) is 49.1 Å². The Hall–Kier alpha value is -2.72. The predicted octanol–water partition coefficient (Wildman–Crippen LogP) is 3.19. The van der Waals surface area contributed by atoms with Gasteiger partial charge in [0.1, 0.15) is 11.7 Å². The molecule has 2 fully saturated rings. The number of nitrogen functional groups attached to an aromatic ring is 1. The number of carbonyl (C=O) groups excluding carboxylic acids is 1. The lowest BCUT2D eigenvalue weighted by molar-refractivity contribution is -0.365. The molecule has 2 aliphatic heterocycles. The van der Waals surface area contributed by atoms with Crippen LogP contribution < -0.4 is 10.7 Å². The molecule has 0 atom stereocenters. The molecule has 0 aromatic carbocycles. The number of nitrogens with one attached hydrogen (secondary N) is 1. The van der Waals surface area contributed by atoms with Gasteiger partial charge >= 0.3 is 5.95 Å². The maximum Gasteiger partial charge on any atom is 0.386 e. The molecule has 192 valence electrons. The van der Waals surface area contributed by atoms with Crippen LogP contribution in [-0.2, 0) is 11.3 Å². The van der Waals surface area contributed by atoms with Crippen LogP contribution in [0.25, 0.3) is 11.2 Å². The SMILES string of the molecule is CCCCSc1nc2cccnc2n1C1CCN(C(=O)C2CCN(Cc3cnc(N)[nH+]c3)CC2)CC1. The molecular formula is C26H37N8OS+. The summed E-state index contributed by atoms with van der Waals surface area (Å²) in [6.07, 6.45) is 11.7. The number of anilines is 1. The minimum Gasteiger partial charge on any atom is -0.342 e. The number of imidazole rings is 1. The van der Waals surface area contributed by atoms with Crippen LogP contribution >= 0.6 is 11.8 Å². The van der Waals surface area contributed by atoms with Gasteiger partial charge in [-0.25, -0.2) is 15.0 Å². The van der Waals surface area contributed by atoms with Gasteiger partial charge in [0.15, 0.2) is 10.8 Å². The maximum absolute atomic E-state index is 13.3. The van der Waals surface area contributed by atoms with Crippen molar-refractivity contribution in [1.29, 1.82) is 0 Å². The van der Waals surface area contributed by atoms with Crippen molar-refractivity contribution in [3.8, 4) is 0 Å². The molecule has 3 N–H and O–H groups in total. The number of likely N-dealkylation sites (tertiary alicyclic amines) is 2. The summed E-state index contributed by atoms with van der Waals surface area (Å²) in [5.74, 6) is 1.96. The molecule has 2 saturated heterocycles. The zero-order valence-electron chi connectivity index (χ0n) is 21.1. The van der Waals surface area contributed by atoms with E-state index in [2.05, 4.69) is 42.3 Å². The van der Waals surface area contributed by atoms with Crippen molar-refractivity contribution in [3.05, 3.63) is 36.3 Å². The van der Waals surface area contributed by atoms with E-state index in [0.717, 1.165) is 86.0 Å². The number of aromatic nitrogens is 5. The van der Waals surface area contributed by atoms with Gasteiger partial charge in [-0.1, -0.05) is 30.1 Å². The summed E-state index contributed by atoms with van der Waals surface area (Å²) in [5.41, 5.74) is 8.70. The highest BCUT2D eigenvalue weighted by atomic mass is 32.2. The van der Waals surface area contributed by atoms with Crippen LogP contribution in [0.3, 0.4) is 0 Å². The minimum absolute atomic E-state index is 0.129. The van der Waals surface area contributed by atoms with Crippen LogP contribution in [0.2, 0.25) is 0 Å². The van der Waals surface area contributed by atoms with E-state index in [9.17, 15) is 4.79 Å². The van der Waals surface area contributed by atoms with Crippen LogP contribution in [-0.4, -0.2) is 67.2 Å². The zero-order chi connectivity index (χ0) is 24.9.